The zero-order valence-corrected chi connectivity index (χ0v) is 11.4. The Morgan fingerprint density at radius 2 is 1.88 bits per heavy atom. The quantitative estimate of drug-likeness (QED) is 0.406. The zero-order valence-electron chi connectivity index (χ0n) is 9.79. The van der Waals surface area contributed by atoms with Gasteiger partial charge in [-0.2, -0.15) is 0 Å². The molecule has 0 aromatic heterocycles. The molecule has 0 aliphatic heterocycles. The van der Waals surface area contributed by atoms with Crippen molar-refractivity contribution >= 4 is 21.7 Å². The number of carbonyl (C=O) groups excluding carboxylic acids is 1. The molecule has 0 bridgehead atoms. The molecule has 0 N–H and O–H groups in total. The van der Waals surface area contributed by atoms with Crippen LogP contribution in [0.1, 0.15) is 13.8 Å². The monoisotopic (exact) mass is 280 g/mol. The van der Waals surface area contributed by atoms with Crippen LogP contribution in [0.4, 0.5) is 0 Å². The van der Waals surface area contributed by atoms with E-state index in [0.29, 0.717) is 16.5 Å². The van der Waals surface area contributed by atoms with Gasteiger partial charge in [0.05, 0.1) is 0 Å². The lowest BCUT2D eigenvalue weighted by Crippen LogP contribution is -2.06. The minimum Gasteiger partial charge on any atom is -0.289 e. The van der Waals surface area contributed by atoms with Gasteiger partial charge in [0.15, 0.2) is 5.78 Å². The van der Waals surface area contributed by atoms with Crippen LogP contribution < -0.4 is 0 Å². The molecule has 0 aliphatic rings. The van der Waals surface area contributed by atoms with Gasteiger partial charge in [0.2, 0.25) is 0 Å². The number of ketones is 1. The standard InChI is InChI=1S/C14H17BrO/c1-5-9-12(10-15)13(8-4)14(16)11(6-2)7-3/h5-9H,2,4,10H2,1,3H3/b9-5-,11-7+,13-12-. The third-order valence-electron chi connectivity index (χ3n) is 2.10. The van der Waals surface area contributed by atoms with Crippen LogP contribution in [-0.2, 0) is 4.79 Å². The van der Waals surface area contributed by atoms with E-state index in [1.165, 1.54) is 0 Å². The average molecular weight is 281 g/mol. The number of hydrogen-bond acceptors (Lipinski definition) is 1. The van der Waals surface area contributed by atoms with Crippen LogP contribution in [0.5, 0.6) is 0 Å². The van der Waals surface area contributed by atoms with E-state index < -0.39 is 0 Å². The van der Waals surface area contributed by atoms with Gasteiger partial charge in [-0.1, -0.05) is 59.5 Å². The Morgan fingerprint density at radius 3 is 2.19 bits per heavy atom. The van der Waals surface area contributed by atoms with Crippen molar-refractivity contribution in [2.24, 2.45) is 0 Å². The van der Waals surface area contributed by atoms with E-state index in [0.717, 1.165) is 5.57 Å². The molecule has 0 fully saturated rings. The molecule has 0 spiro atoms. The Balaban J connectivity index is 5.51. The van der Waals surface area contributed by atoms with Crippen molar-refractivity contribution in [1.82, 2.24) is 0 Å². The highest BCUT2D eigenvalue weighted by atomic mass is 79.9. The normalized spacial score (nSPS) is 13.6. The zero-order chi connectivity index (χ0) is 12.6. The van der Waals surface area contributed by atoms with E-state index in [2.05, 4.69) is 29.1 Å². The van der Waals surface area contributed by atoms with Crippen LogP contribution in [-0.4, -0.2) is 11.1 Å². The van der Waals surface area contributed by atoms with Crippen molar-refractivity contribution in [1.29, 1.82) is 0 Å². The fraction of sp³-hybridized carbons (Fsp3) is 0.214. The van der Waals surface area contributed by atoms with Gasteiger partial charge < -0.3 is 0 Å². The van der Waals surface area contributed by atoms with Gasteiger partial charge in [0, 0.05) is 16.5 Å². The van der Waals surface area contributed by atoms with E-state index in [1.807, 2.05) is 26.0 Å². The highest BCUT2D eigenvalue weighted by Crippen LogP contribution is 2.16. The van der Waals surface area contributed by atoms with Crippen molar-refractivity contribution in [3.8, 4) is 0 Å². The molecule has 0 aliphatic carbocycles. The number of hydrogen-bond donors (Lipinski definition) is 0. The first-order valence-electron chi connectivity index (χ1n) is 5.03. The lowest BCUT2D eigenvalue weighted by Gasteiger charge is -2.06. The second-order valence-electron chi connectivity index (χ2n) is 3.05. The Labute approximate surface area is 106 Å². The van der Waals surface area contributed by atoms with Gasteiger partial charge in [-0.25, -0.2) is 0 Å². The van der Waals surface area contributed by atoms with E-state index in [1.54, 1.807) is 18.2 Å². The lowest BCUT2D eigenvalue weighted by atomic mass is 9.98. The Morgan fingerprint density at radius 1 is 1.25 bits per heavy atom. The summed E-state index contributed by atoms with van der Waals surface area (Å²) in [4.78, 5) is 12.1. The summed E-state index contributed by atoms with van der Waals surface area (Å²) in [5.74, 6) is -0.0416. The molecule has 0 amide bonds. The van der Waals surface area contributed by atoms with Gasteiger partial charge in [0.25, 0.3) is 0 Å². The average Bonchev–Trinajstić information content (AvgIpc) is 2.30. The van der Waals surface area contributed by atoms with E-state index in [4.69, 9.17) is 0 Å². The molecule has 86 valence electrons. The lowest BCUT2D eigenvalue weighted by molar-refractivity contribution is -0.111. The molecule has 0 aromatic carbocycles. The molecule has 0 atom stereocenters. The van der Waals surface area contributed by atoms with E-state index in [-0.39, 0.29) is 5.78 Å². The summed E-state index contributed by atoms with van der Waals surface area (Å²) in [7, 11) is 0. The van der Waals surface area contributed by atoms with Gasteiger partial charge >= 0.3 is 0 Å². The summed E-state index contributed by atoms with van der Waals surface area (Å²) >= 11 is 3.37. The Kier molecular flexibility index (Phi) is 7.48. The first kappa shape index (κ1) is 14.8. The van der Waals surface area contributed by atoms with Gasteiger partial charge in [-0.15, -0.1) is 0 Å². The highest BCUT2D eigenvalue weighted by Gasteiger charge is 2.12. The number of halogens is 1. The minimum atomic E-state index is -0.0416. The first-order chi connectivity index (χ1) is 7.65. The van der Waals surface area contributed by atoms with Crippen molar-refractivity contribution in [3.05, 3.63) is 60.3 Å². The van der Waals surface area contributed by atoms with Crippen molar-refractivity contribution < 1.29 is 4.79 Å². The molecule has 0 radical (unpaired) electrons. The van der Waals surface area contributed by atoms with Gasteiger partial charge in [-0.05, 0) is 19.4 Å². The topological polar surface area (TPSA) is 17.1 Å². The van der Waals surface area contributed by atoms with Crippen LogP contribution in [0.15, 0.2) is 60.3 Å². The summed E-state index contributed by atoms with van der Waals surface area (Å²) < 4.78 is 0. The Bertz CT molecular complexity index is 370. The van der Waals surface area contributed by atoms with Crippen LogP contribution in [0.25, 0.3) is 0 Å². The molecule has 0 unspecified atom stereocenters. The van der Waals surface area contributed by atoms with Crippen LogP contribution in [0.3, 0.4) is 0 Å². The molecule has 0 rings (SSSR count). The highest BCUT2D eigenvalue weighted by molar-refractivity contribution is 9.09. The van der Waals surface area contributed by atoms with Crippen molar-refractivity contribution in [3.63, 3.8) is 0 Å². The first-order valence-corrected chi connectivity index (χ1v) is 6.16. The predicted octanol–water partition coefficient (Wildman–Crippen LogP) is 4.14. The summed E-state index contributed by atoms with van der Waals surface area (Å²) in [5, 5.41) is 0.624. The van der Waals surface area contributed by atoms with Crippen molar-refractivity contribution in [2.45, 2.75) is 13.8 Å². The molecule has 0 saturated carbocycles. The molecule has 1 nitrogen and oxygen atoms in total. The molecular weight excluding hydrogens is 264 g/mol. The minimum absolute atomic E-state index is 0.0416. The van der Waals surface area contributed by atoms with Gasteiger partial charge in [0.1, 0.15) is 0 Å². The molecule has 0 saturated heterocycles. The van der Waals surface area contributed by atoms with Crippen LogP contribution in [0, 0.1) is 0 Å². The fourth-order valence-electron chi connectivity index (χ4n) is 1.27. The van der Waals surface area contributed by atoms with E-state index >= 15 is 0 Å². The smallest absolute Gasteiger partial charge is 0.192 e. The number of rotatable bonds is 6. The maximum Gasteiger partial charge on any atom is 0.192 e. The predicted molar refractivity (Wildman–Crippen MR) is 74.8 cm³/mol. The molecule has 0 aromatic rings. The number of Topliss-reactive ketones (excluding diaryl/α,β-unsaturated/α-hetero) is 1. The maximum atomic E-state index is 12.1. The molecule has 2 heteroatoms. The Hall–Kier alpha value is -1.15. The molecule has 16 heavy (non-hydrogen) atoms. The molecular formula is C14H17BrO. The SMILES string of the molecule is C=C/C(C(=O)/C(C=C)=C/C)=C(\C=C/C)CBr. The fourth-order valence-corrected chi connectivity index (χ4v) is 1.76. The van der Waals surface area contributed by atoms with Crippen molar-refractivity contribution in [2.75, 3.05) is 5.33 Å². The second-order valence-corrected chi connectivity index (χ2v) is 3.61. The summed E-state index contributed by atoms with van der Waals surface area (Å²) in [6.07, 6.45) is 8.70. The third kappa shape index (κ3) is 3.78. The third-order valence-corrected chi connectivity index (χ3v) is 2.70. The summed E-state index contributed by atoms with van der Waals surface area (Å²) in [5.41, 5.74) is 2.13. The maximum absolute atomic E-state index is 12.1. The van der Waals surface area contributed by atoms with E-state index in [9.17, 15) is 4.79 Å². The van der Waals surface area contributed by atoms with Crippen LogP contribution >= 0.6 is 15.9 Å². The number of carbonyl (C=O) groups is 1. The summed E-state index contributed by atoms with van der Waals surface area (Å²) in [6.45, 7) is 11.0. The largest absolute Gasteiger partial charge is 0.289 e. The summed E-state index contributed by atoms with van der Waals surface area (Å²) in [6, 6.07) is 0. The van der Waals surface area contributed by atoms with Gasteiger partial charge in [-0.3, -0.25) is 4.79 Å². The number of allylic oxidation sites excluding steroid dienone is 8. The number of alkyl halides is 1. The molecule has 0 heterocycles. The van der Waals surface area contributed by atoms with Crippen LogP contribution in [0.2, 0.25) is 0 Å². The second kappa shape index (κ2) is 8.05.